The summed E-state index contributed by atoms with van der Waals surface area (Å²) >= 11 is 0. The van der Waals surface area contributed by atoms with Gasteiger partial charge in [-0.2, -0.15) is 0 Å². The Morgan fingerprint density at radius 3 is 2.81 bits per heavy atom. The molecule has 1 N–H and O–H groups in total. The molecule has 0 aromatic heterocycles. The summed E-state index contributed by atoms with van der Waals surface area (Å²) in [6, 6.07) is 13.0. The topological polar surface area (TPSA) is 67.9 Å². The zero-order valence-corrected chi connectivity index (χ0v) is 15.0. The predicted octanol–water partition coefficient (Wildman–Crippen LogP) is 2.52. The number of carbonyl (C=O) groups is 2. The Balaban J connectivity index is 1.48. The second-order valence-corrected chi connectivity index (χ2v) is 6.26. The van der Waals surface area contributed by atoms with Gasteiger partial charge in [0.05, 0.1) is 11.7 Å². The number of hydrogen-bond donors (Lipinski definition) is 1. The van der Waals surface area contributed by atoms with Gasteiger partial charge in [0.25, 0.3) is 5.91 Å². The number of rotatable bonds is 7. The fourth-order valence-electron chi connectivity index (χ4n) is 2.78. The van der Waals surface area contributed by atoms with Gasteiger partial charge in [0.2, 0.25) is 5.91 Å². The van der Waals surface area contributed by atoms with Crippen molar-refractivity contribution in [2.75, 3.05) is 24.7 Å². The number of para-hydroxylation sites is 3. The molecule has 1 aliphatic heterocycles. The molecule has 27 heavy (non-hydrogen) atoms. The van der Waals surface area contributed by atoms with Crippen molar-refractivity contribution in [2.24, 2.45) is 0 Å². The number of anilines is 1. The van der Waals surface area contributed by atoms with Crippen molar-refractivity contribution in [2.45, 2.75) is 19.4 Å². The number of carbonyl (C=O) groups excluding carboxylic acids is 2. The zero-order valence-electron chi connectivity index (χ0n) is 15.0. The largest absolute Gasteiger partial charge is 0.488 e. The van der Waals surface area contributed by atoms with Crippen LogP contribution >= 0.6 is 0 Å². The Morgan fingerprint density at radius 2 is 2.00 bits per heavy atom. The molecule has 3 rings (SSSR count). The molecule has 0 radical (unpaired) electrons. The first-order chi connectivity index (χ1) is 13.0. The van der Waals surface area contributed by atoms with Gasteiger partial charge >= 0.3 is 0 Å². The predicted molar refractivity (Wildman–Crippen MR) is 98.4 cm³/mol. The minimum absolute atomic E-state index is 0.0362. The second-order valence-electron chi connectivity index (χ2n) is 6.26. The number of amides is 2. The van der Waals surface area contributed by atoms with E-state index in [0.29, 0.717) is 11.4 Å². The van der Waals surface area contributed by atoms with Crippen LogP contribution in [-0.4, -0.2) is 37.6 Å². The van der Waals surface area contributed by atoms with Crippen LogP contribution in [0.3, 0.4) is 0 Å². The van der Waals surface area contributed by atoms with Crippen LogP contribution in [0.4, 0.5) is 10.1 Å². The van der Waals surface area contributed by atoms with E-state index >= 15 is 0 Å². The Labute approximate surface area is 156 Å². The fraction of sp³-hybridized carbons (Fsp3) is 0.300. The van der Waals surface area contributed by atoms with E-state index in [1.165, 1.54) is 12.1 Å². The van der Waals surface area contributed by atoms with Crippen molar-refractivity contribution < 1.29 is 23.5 Å². The van der Waals surface area contributed by atoms with Crippen LogP contribution in [0.15, 0.2) is 48.5 Å². The van der Waals surface area contributed by atoms with E-state index in [1.54, 1.807) is 36.1 Å². The molecule has 0 bridgehead atoms. The molecule has 1 aliphatic rings. The third kappa shape index (κ3) is 4.75. The highest BCUT2D eigenvalue weighted by Gasteiger charge is 2.25. The fourth-order valence-corrected chi connectivity index (χ4v) is 2.78. The van der Waals surface area contributed by atoms with Gasteiger partial charge in [-0.25, -0.2) is 4.39 Å². The number of fused-ring (bicyclic) bond motifs is 1. The molecule has 0 saturated heterocycles. The Morgan fingerprint density at radius 1 is 1.26 bits per heavy atom. The summed E-state index contributed by atoms with van der Waals surface area (Å²) in [5, 5.41) is 2.79. The van der Waals surface area contributed by atoms with E-state index in [-0.39, 0.29) is 49.8 Å². The third-order valence-corrected chi connectivity index (χ3v) is 4.10. The molecule has 7 heteroatoms. The maximum absolute atomic E-state index is 13.5. The van der Waals surface area contributed by atoms with Gasteiger partial charge < -0.3 is 19.7 Å². The standard InChI is InChI=1S/C20H21FN2O4/c1-14(12-26-17-8-4-2-6-15(17)21)22-19(24)10-11-23-16-7-3-5-9-18(16)27-13-20(23)25/h2-9,14H,10-13H2,1H3,(H,22,24). The van der Waals surface area contributed by atoms with E-state index in [2.05, 4.69) is 5.32 Å². The van der Waals surface area contributed by atoms with E-state index < -0.39 is 5.82 Å². The number of hydrogen-bond acceptors (Lipinski definition) is 4. The molecule has 142 valence electrons. The molecule has 2 aromatic rings. The Bertz CT molecular complexity index is 827. The lowest BCUT2D eigenvalue weighted by molar-refractivity contribution is -0.122. The average molecular weight is 372 g/mol. The van der Waals surface area contributed by atoms with Crippen molar-refractivity contribution in [1.82, 2.24) is 5.32 Å². The highest BCUT2D eigenvalue weighted by atomic mass is 19.1. The zero-order chi connectivity index (χ0) is 19.2. The quantitative estimate of drug-likeness (QED) is 0.811. The van der Waals surface area contributed by atoms with E-state index in [0.717, 1.165) is 0 Å². The normalized spacial score (nSPS) is 14.1. The van der Waals surface area contributed by atoms with Crippen LogP contribution in [-0.2, 0) is 9.59 Å². The van der Waals surface area contributed by atoms with Gasteiger partial charge in [-0.15, -0.1) is 0 Å². The molecule has 2 amide bonds. The lowest BCUT2D eigenvalue weighted by Crippen LogP contribution is -2.42. The summed E-state index contributed by atoms with van der Waals surface area (Å²) in [6.45, 7) is 2.14. The lowest BCUT2D eigenvalue weighted by Gasteiger charge is -2.29. The number of benzene rings is 2. The highest BCUT2D eigenvalue weighted by molar-refractivity contribution is 5.98. The Hall–Kier alpha value is -3.09. The van der Waals surface area contributed by atoms with E-state index in [9.17, 15) is 14.0 Å². The Kier molecular flexibility index (Phi) is 5.90. The summed E-state index contributed by atoms with van der Waals surface area (Å²) in [6.07, 6.45) is 0.143. The van der Waals surface area contributed by atoms with Crippen LogP contribution in [0.1, 0.15) is 13.3 Å². The van der Waals surface area contributed by atoms with Crippen LogP contribution in [0.25, 0.3) is 0 Å². The van der Waals surface area contributed by atoms with Crippen molar-refractivity contribution >= 4 is 17.5 Å². The highest BCUT2D eigenvalue weighted by Crippen LogP contribution is 2.31. The maximum Gasteiger partial charge on any atom is 0.265 e. The van der Waals surface area contributed by atoms with E-state index in [1.807, 2.05) is 12.1 Å². The van der Waals surface area contributed by atoms with Gasteiger partial charge in [-0.05, 0) is 31.2 Å². The van der Waals surface area contributed by atoms with Gasteiger partial charge in [0.1, 0.15) is 12.4 Å². The van der Waals surface area contributed by atoms with Crippen LogP contribution in [0.2, 0.25) is 0 Å². The van der Waals surface area contributed by atoms with Gasteiger partial charge in [0.15, 0.2) is 18.2 Å². The van der Waals surface area contributed by atoms with Gasteiger partial charge in [0, 0.05) is 13.0 Å². The first-order valence-electron chi connectivity index (χ1n) is 8.73. The molecule has 6 nitrogen and oxygen atoms in total. The summed E-state index contributed by atoms with van der Waals surface area (Å²) in [5.41, 5.74) is 0.664. The number of nitrogens with zero attached hydrogens (tertiary/aromatic N) is 1. The van der Waals surface area contributed by atoms with Crippen molar-refractivity contribution in [3.63, 3.8) is 0 Å². The molecular formula is C20H21FN2O4. The second kappa shape index (κ2) is 8.53. The summed E-state index contributed by atoms with van der Waals surface area (Å²) < 4.78 is 24.3. The minimum atomic E-state index is -0.444. The van der Waals surface area contributed by atoms with Crippen molar-refractivity contribution in [1.29, 1.82) is 0 Å². The molecule has 0 aliphatic carbocycles. The van der Waals surface area contributed by atoms with Gasteiger partial charge in [-0.3, -0.25) is 9.59 Å². The molecule has 0 saturated carbocycles. The maximum atomic E-state index is 13.5. The minimum Gasteiger partial charge on any atom is -0.488 e. The van der Waals surface area contributed by atoms with Crippen molar-refractivity contribution in [3.05, 3.63) is 54.3 Å². The number of halogens is 1. The molecule has 2 aromatic carbocycles. The molecule has 1 heterocycles. The SMILES string of the molecule is CC(COc1ccccc1F)NC(=O)CCN1C(=O)COc2ccccc21. The molecule has 0 spiro atoms. The molecular weight excluding hydrogens is 351 g/mol. The average Bonchev–Trinajstić information content (AvgIpc) is 2.66. The monoisotopic (exact) mass is 372 g/mol. The number of nitrogens with one attached hydrogen (secondary N) is 1. The summed E-state index contributed by atoms with van der Waals surface area (Å²) in [4.78, 5) is 25.8. The molecule has 0 fully saturated rings. The van der Waals surface area contributed by atoms with Crippen LogP contribution in [0, 0.1) is 5.82 Å². The first kappa shape index (κ1) is 18.7. The lowest BCUT2D eigenvalue weighted by atomic mass is 10.2. The first-order valence-corrected chi connectivity index (χ1v) is 8.73. The van der Waals surface area contributed by atoms with Crippen LogP contribution in [0.5, 0.6) is 11.5 Å². The molecule has 1 atom stereocenters. The summed E-state index contributed by atoms with van der Waals surface area (Å²) in [7, 11) is 0. The van der Waals surface area contributed by atoms with E-state index in [4.69, 9.17) is 9.47 Å². The van der Waals surface area contributed by atoms with Gasteiger partial charge in [-0.1, -0.05) is 24.3 Å². The molecule has 1 unspecified atom stereocenters. The third-order valence-electron chi connectivity index (χ3n) is 4.10. The van der Waals surface area contributed by atoms with Crippen LogP contribution < -0.4 is 19.7 Å². The van der Waals surface area contributed by atoms with Crippen molar-refractivity contribution in [3.8, 4) is 11.5 Å². The smallest absolute Gasteiger partial charge is 0.265 e. The summed E-state index contributed by atoms with van der Waals surface area (Å²) in [5.74, 6) is -0.0624. The number of ether oxygens (including phenoxy) is 2.